The first-order chi connectivity index (χ1) is 10.6. The summed E-state index contributed by atoms with van der Waals surface area (Å²) in [6, 6.07) is 2.86. The molecule has 2 rings (SSSR count). The van der Waals surface area contributed by atoms with Crippen LogP contribution in [0.5, 0.6) is 5.75 Å². The van der Waals surface area contributed by atoms with Crippen molar-refractivity contribution in [2.75, 3.05) is 0 Å². The molecule has 127 valence electrons. The van der Waals surface area contributed by atoms with Gasteiger partial charge in [0.2, 0.25) is 6.10 Å². The number of hydrogen-bond acceptors (Lipinski definition) is 3. The number of thioether (sulfide) groups is 1. The summed E-state index contributed by atoms with van der Waals surface area (Å²) in [5.41, 5.74) is -0.634. The molecule has 0 saturated heterocycles. The monoisotopic (exact) mass is 389 g/mol. The Morgan fingerprint density at radius 3 is 2.58 bits per heavy atom. The Hall–Kier alpha value is -0.340. The number of fused-ring (bicyclic) bond motifs is 1. The van der Waals surface area contributed by atoms with Gasteiger partial charge in [0.15, 0.2) is 0 Å². The van der Waals surface area contributed by atoms with E-state index in [1.807, 2.05) is 13.8 Å². The van der Waals surface area contributed by atoms with Crippen molar-refractivity contribution in [3.63, 3.8) is 0 Å². The van der Waals surface area contributed by atoms with E-state index in [0.717, 1.165) is 12.5 Å². The summed E-state index contributed by atoms with van der Waals surface area (Å²) in [5, 5.41) is 9.57. The van der Waals surface area contributed by atoms with Crippen molar-refractivity contribution in [3.05, 3.63) is 28.3 Å². The van der Waals surface area contributed by atoms with Gasteiger partial charge in [-0.2, -0.15) is 13.2 Å². The molecule has 0 bridgehead atoms. The molecule has 1 aliphatic heterocycles. The number of carboxylic acids is 1. The first kappa shape index (κ1) is 21.7. The molecule has 1 radical (unpaired) electrons. The van der Waals surface area contributed by atoms with Gasteiger partial charge in [-0.05, 0) is 24.6 Å². The van der Waals surface area contributed by atoms with Crippen molar-refractivity contribution in [3.8, 4) is 5.75 Å². The van der Waals surface area contributed by atoms with Gasteiger partial charge in [-0.25, -0.2) is 4.79 Å². The van der Waals surface area contributed by atoms with E-state index < -0.39 is 23.8 Å². The molecule has 0 spiro atoms. The quantitative estimate of drug-likeness (QED) is 0.602. The average Bonchev–Trinajstić information content (AvgIpc) is 2.45. The Balaban J connectivity index is 0.00000288. The fourth-order valence-corrected chi connectivity index (χ4v) is 3.26. The SMILES string of the molecule is CCC(C)Sc1cc2c(cc1Cl)C=C(C(=O)O)C(C(F)(F)F)O2.[Na]. The zero-order valence-electron chi connectivity index (χ0n) is 13.3. The number of rotatable bonds is 4. The van der Waals surface area contributed by atoms with Crippen molar-refractivity contribution in [2.45, 2.75) is 42.7 Å². The molecule has 1 aliphatic rings. The van der Waals surface area contributed by atoms with Crippen LogP contribution in [0.2, 0.25) is 5.02 Å². The summed E-state index contributed by atoms with van der Waals surface area (Å²) >= 11 is 7.57. The largest absolute Gasteiger partial charge is 0.478 e. The van der Waals surface area contributed by atoms with Crippen LogP contribution in [0.1, 0.15) is 25.8 Å². The van der Waals surface area contributed by atoms with Crippen LogP contribution in [0.25, 0.3) is 6.08 Å². The van der Waals surface area contributed by atoms with E-state index >= 15 is 0 Å². The molecule has 0 aromatic heterocycles. The maximum Gasteiger partial charge on any atom is 0.430 e. The molecule has 2 unspecified atom stereocenters. The predicted molar refractivity (Wildman–Crippen MR) is 88.9 cm³/mol. The summed E-state index contributed by atoms with van der Waals surface area (Å²) in [7, 11) is 0. The number of carbonyl (C=O) groups is 1. The zero-order valence-corrected chi connectivity index (χ0v) is 16.9. The van der Waals surface area contributed by atoms with Gasteiger partial charge in [-0.15, -0.1) is 11.8 Å². The average molecular weight is 390 g/mol. The molecule has 0 amide bonds. The Bertz CT molecular complexity index is 664. The second-order valence-electron chi connectivity index (χ2n) is 5.10. The fraction of sp³-hybridized carbons (Fsp3) is 0.400. The molecule has 24 heavy (non-hydrogen) atoms. The van der Waals surface area contributed by atoms with Crippen molar-refractivity contribution in [2.24, 2.45) is 0 Å². The molecule has 0 aliphatic carbocycles. The third-order valence-corrected chi connectivity index (χ3v) is 5.10. The fourth-order valence-electron chi connectivity index (χ4n) is 2.01. The van der Waals surface area contributed by atoms with E-state index in [1.54, 1.807) is 0 Å². The first-order valence-electron chi connectivity index (χ1n) is 6.82. The normalized spacial score (nSPS) is 17.9. The molecule has 1 N–H and O–H groups in total. The summed E-state index contributed by atoms with van der Waals surface area (Å²) in [6.45, 7) is 3.96. The van der Waals surface area contributed by atoms with Crippen molar-refractivity contribution >= 4 is 65.0 Å². The Morgan fingerprint density at radius 2 is 2.08 bits per heavy atom. The molecule has 9 heteroatoms. The molecule has 0 saturated carbocycles. The molecule has 2 atom stereocenters. The van der Waals surface area contributed by atoms with Crippen LogP contribution < -0.4 is 4.74 Å². The van der Waals surface area contributed by atoms with Crippen molar-refractivity contribution in [1.82, 2.24) is 0 Å². The van der Waals surface area contributed by atoms with Gasteiger partial charge in [-0.3, -0.25) is 0 Å². The smallest absolute Gasteiger partial charge is 0.430 e. The van der Waals surface area contributed by atoms with Crippen LogP contribution in [-0.4, -0.2) is 58.2 Å². The van der Waals surface area contributed by atoms with Crippen LogP contribution in [0, 0.1) is 0 Å². The number of hydrogen-bond donors (Lipinski definition) is 1. The Labute approximate surface area is 168 Å². The Morgan fingerprint density at radius 1 is 1.46 bits per heavy atom. The molecule has 3 nitrogen and oxygen atoms in total. The van der Waals surface area contributed by atoms with Crippen molar-refractivity contribution in [1.29, 1.82) is 0 Å². The van der Waals surface area contributed by atoms with E-state index in [0.29, 0.717) is 9.92 Å². The summed E-state index contributed by atoms with van der Waals surface area (Å²) in [4.78, 5) is 11.7. The van der Waals surface area contributed by atoms with Gasteiger partial charge in [-0.1, -0.05) is 25.4 Å². The second-order valence-corrected chi connectivity index (χ2v) is 6.99. The summed E-state index contributed by atoms with van der Waals surface area (Å²) < 4.78 is 44.0. The van der Waals surface area contributed by atoms with Crippen LogP contribution in [-0.2, 0) is 4.79 Å². The van der Waals surface area contributed by atoms with Gasteiger partial charge in [0, 0.05) is 45.3 Å². The molecular formula is C15H14ClF3NaO3S. The topological polar surface area (TPSA) is 46.5 Å². The molecule has 1 aromatic carbocycles. The first-order valence-corrected chi connectivity index (χ1v) is 8.07. The van der Waals surface area contributed by atoms with Crippen LogP contribution in [0.3, 0.4) is 0 Å². The standard InChI is InChI=1S/C15H14ClF3O3S.Na/c1-3-7(2)23-12-6-11-8(5-10(12)16)4-9(14(20)21)13(22-11)15(17,18)19;/h4-7,13H,3H2,1-2H3,(H,20,21);. The molecule has 1 aromatic rings. The van der Waals surface area contributed by atoms with E-state index in [1.165, 1.54) is 23.9 Å². The molecule has 0 fully saturated rings. The Kier molecular flexibility index (Phi) is 7.56. The van der Waals surface area contributed by atoms with Gasteiger partial charge < -0.3 is 9.84 Å². The van der Waals surface area contributed by atoms with E-state index in [9.17, 15) is 18.0 Å². The van der Waals surface area contributed by atoms with Crippen LogP contribution >= 0.6 is 23.4 Å². The van der Waals surface area contributed by atoms with Crippen LogP contribution in [0.15, 0.2) is 22.6 Å². The van der Waals surface area contributed by atoms with Crippen LogP contribution in [0.4, 0.5) is 13.2 Å². The maximum absolute atomic E-state index is 13.0. The minimum atomic E-state index is -4.81. The van der Waals surface area contributed by atoms with Gasteiger partial charge in [0.25, 0.3) is 0 Å². The van der Waals surface area contributed by atoms with Gasteiger partial charge in [0.1, 0.15) is 5.75 Å². The van der Waals surface area contributed by atoms with E-state index in [2.05, 4.69) is 0 Å². The maximum atomic E-state index is 13.0. The number of carboxylic acid groups (broad SMARTS) is 1. The minimum Gasteiger partial charge on any atom is -0.478 e. The summed E-state index contributed by atoms with van der Waals surface area (Å²) in [5.74, 6) is -1.69. The third-order valence-electron chi connectivity index (χ3n) is 3.35. The number of alkyl halides is 3. The summed E-state index contributed by atoms with van der Waals surface area (Å²) in [6.07, 6.45) is -5.48. The molecule has 1 heterocycles. The van der Waals surface area contributed by atoms with Gasteiger partial charge >= 0.3 is 12.1 Å². The van der Waals surface area contributed by atoms with E-state index in [-0.39, 0.29) is 46.1 Å². The third kappa shape index (κ3) is 4.85. The number of ether oxygens (including phenoxy) is 1. The van der Waals surface area contributed by atoms with E-state index in [4.69, 9.17) is 21.4 Å². The molecular weight excluding hydrogens is 376 g/mol. The number of benzene rings is 1. The zero-order chi connectivity index (χ0) is 17.4. The second kappa shape index (κ2) is 8.36. The minimum absolute atomic E-state index is 0. The predicted octanol–water partition coefficient (Wildman–Crippen LogP) is 4.64. The number of halogens is 4. The van der Waals surface area contributed by atoms with Gasteiger partial charge in [0.05, 0.1) is 10.6 Å². The van der Waals surface area contributed by atoms with Crippen molar-refractivity contribution < 1.29 is 27.8 Å². The number of aliphatic carboxylic acids is 1.